The number of amides is 1. The molecule has 1 amide bonds. The molecule has 0 aliphatic carbocycles. The van der Waals surface area contributed by atoms with Crippen LogP contribution in [0.25, 0.3) is 0 Å². The minimum atomic E-state index is -4.39. The predicted molar refractivity (Wildman–Crippen MR) is 72.7 cm³/mol. The van der Waals surface area contributed by atoms with Crippen molar-refractivity contribution in [2.45, 2.75) is 12.6 Å². The number of nitrogens with zero attached hydrogens (tertiary/aromatic N) is 1. The quantitative estimate of drug-likeness (QED) is 0.759. The molecule has 0 fully saturated rings. The van der Waals surface area contributed by atoms with Crippen molar-refractivity contribution >= 4 is 5.91 Å². The van der Waals surface area contributed by atoms with Crippen molar-refractivity contribution in [1.29, 1.82) is 0 Å². The van der Waals surface area contributed by atoms with Crippen molar-refractivity contribution in [1.82, 2.24) is 10.2 Å². The van der Waals surface area contributed by atoms with Gasteiger partial charge in [0, 0.05) is 13.1 Å². The van der Waals surface area contributed by atoms with E-state index in [-0.39, 0.29) is 13.1 Å². The monoisotopic (exact) mass is 304 g/mol. The molecule has 1 aromatic rings. The van der Waals surface area contributed by atoms with E-state index in [2.05, 4.69) is 5.32 Å². The van der Waals surface area contributed by atoms with Crippen LogP contribution in [0.1, 0.15) is 5.56 Å². The molecule has 0 aliphatic rings. The van der Waals surface area contributed by atoms with Gasteiger partial charge >= 0.3 is 6.18 Å². The Balaban J connectivity index is 2.33. The number of halogens is 3. The summed E-state index contributed by atoms with van der Waals surface area (Å²) in [5.41, 5.74) is 1.04. The van der Waals surface area contributed by atoms with Crippen molar-refractivity contribution < 1.29 is 23.1 Å². The van der Waals surface area contributed by atoms with E-state index in [4.69, 9.17) is 5.11 Å². The van der Waals surface area contributed by atoms with Crippen molar-refractivity contribution in [3.8, 4) is 0 Å². The molecule has 0 spiro atoms. The Kier molecular flexibility index (Phi) is 7.18. The SMILES string of the molecule is O=C(CN(CCO)CC(F)(F)F)NCCc1ccccc1. The third kappa shape index (κ3) is 8.31. The van der Waals surface area contributed by atoms with Gasteiger partial charge in [0.15, 0.2) is 0 Å². The van der Waals surface area contributed by atoms with Crippen molar-refractivity contribution in [3.05, 3.63) is 35.9 Å². The van der Waals surface area contributed by atoms with Crippen LogP contribution in [-0.2, 0) is 11.2 Å². The van der Waals surface area contributed by atoms with Gasteiger partial charge < -0.3 is 10.4 Å². The van der Waals surface area contributed by atoms with Crippen molar-refractivity contribution in [3.63, 3.8) is 0 Å². The summed E-state index contributed by atoms with van der Waals surface area (Å²) in [6.07, 6.45) is -3.77. The number of alkyl halides is 3. The molecule has 0 radical (unpaired) electrons. The third-order valence-electron chi connectivity index (χ3n) is 2.77. The van der Waals surface area contributed by atoms with Gasteiger partial charge in [0.2, 0.25) is 5.91 Å². The molecule has 0 saturated heterocycles. The Morgan fingerprint density at radius 3 is 2.48 bits per heavy atom. The average molecular weight is 304 g/mol. The largest absolute Gasteiger partial charge is 0.401 e. The minimum absolute atomic E-state index is 0.189. The fourth-order valence-corrected chi connectivity index (χ4v) is 1.86. The molecule has 0 bridgehead atoms. The summed E-state index contributed by atoms with van der Waals surface area (Å²) >= 11 is 0. The normalized spacial score (nSPS) is 11.7. The van der Waals surface area contributed by atoms with Gasteiger partial charge in [0.05, 0.1) is 19.7 Å². The first-order valence-electron chi connectivity index (χ1n) is 6.61. The fourth-order valence-electron chi connectivity index (χ4n) is 1.86. The molecule has 118 valence electrons. The summed E-state index contributed by atoms with van der Waals surface area (Å²) in [7, 11) is 0. The summed E-state index contributed by atoms with van der Waals surface area (Å²) in [4.78, 5) is 12.5. The summed E-state index contributed by atoms with van der Waals surface area (Å²) in [5, 5.41) is 11.3. The summed E-state index contributed by atoms with van der Waals surface area (Å²) in [5.74, 6) is -0.483. The minimum Gasteiger partial charge on any atom is -0.395 e. The fraction of sp³-hybridized carbons (Fsp3) is 0.500. The smallest absolute Gasteiger partial charge is 0.395 e. The topological polar surface area (TPSA) is 52.6 Å². The van der Waals surface area contributed by atoms with Gasteiger partial charge in [-0.3, -0.25) is 9.69 Å². The molecule has 0 saturated carbocycles. The van der Waals surface area contributed by atoms with E-state index in [1.807, 2.05) is 30.3 Å². The van der Waals surface area contributed by atoms with Gasteiger partial charge in [-0.1, -0.05) is 30.3 Å². The van der Waals surface area contributed by atoms with Crippen molar-refractivity contribution in [2.75, 3.05) is 32.8 Å². The van der Waals surface area contributed by atoms with Crippen LogP contribution in [0.15, 0.2) is 30.3 Å². The summed E-state index contributed by atoms with van der Waals surface area (Å²) < 4.78 is 36.9. The lowest BCUT2D eigenvalue weighted by Crippen LogP contribution is -2.43. The maximum atomic E-state index is 12.3. The number of benzene rings is 1. The first kappa shape index (κ1) is 17.5. The van der Waals surface area contributed by atoms with Crippen molar-refractivity contribution in [2.24, 2.45) is 0 Å². The molecular weight excluding hydrogens is 285 g/mol. The highest BCUT2D eigenvalue weighted by Crippen LogP contribution is 2.15. The van der Waals surface area contributed by atoms with Gasteiger partial charge in [0.25, 0.3) is 0 Å². The Morgan fingerprint density at radius 2 is 1.90 bits per heavy atom. The van der Waals surface area contributed by atoms with E-state index in [0.29, 0.717) is 13.0 Å². The molecular formula is C14H19F3N2O2. The van der Waals surface area contributed by atoms with E-state index in [0.717, 1.165) is 10.5 Å². The van der Waals surface area contributed by atoms with Gasteiger partial charge in [-0.05, 0) is 12.0 Å². The maximum absolute atomic E-state index is 12.3. The third-order valence-corrected chi connectivity index (χ3v) is 2.77. The number of aliphatic hydroxyl groups excluding tert-OH is 1. The second kappa shape index (κ2) is 8.63. The van der Waals surface area contributed by atoms with Crippen LogP contribution in [0.3, 0.4) is 0 Å². The molecule has 0 heterocycles. The second-order valence-electron chi connectivity index (χ2n) is 4.63. The number of hydrogen-bond donors (Lipinski definition) is 2. The zero-order chi connectivity index (χ0) is 15.7. The second-order valence-corrected chi connectivity index (χ2v) is 4.63. The molecule has 21 heavy (non-hydrogen) atoms. The Morgan fingerprint density at radius 1 is 1.24 bits per heavy atom. The van der Waals surface area contributed by atoms with Crippen LogP contribution in [-0.4, -0.2) is 54.9 Å². The van der Waals surface area contributed by atoms with E-state index >= 15 is 0 Å². The molecule has 1 aromatic carbocycles. The number of nitrogens with one attached hydrogen (secondary N) is 1. The molecule has 0 atom stereocenters. The van der Waals surface area contributed by atoms with Crippen LogP contribution < -0.4 is 5.32 Å². The lowest BCUT2D eigenvalue weighted by molar-refractivity contribution is -0.149. The van der Waals surface area contributed by atoms with Crippen LogP contribution in [0.5, 0.6) is 0 Å². The van der Waals surface area contributed by atoms with E-state index < -0.39 is 25.2 Å². The summed E-state index contributed by atoms with van der Waals surface area (Å²) in [6.45, 7) is -1.84. The molecule has 4 nitrogen and oxygen atoms in total. The van der Waals surface area contributed by atoms with Crippen LogP contribution >= 0.6 is 0 Å². The average Bonchev–Trinajstić information content (AvgIpc) is 2.38. The highest BCUT2D eigenvalue weighted by Gasteiger charge is 2.31. The van der Waals surface area contributed by atoms with Gasteiger partial charge in [-0.2, -0.15) is 13.2 Å². The van der Waals surface area contributed by atoms with Crippen LogP contribution in [0, 0.1) is 0 Å². The van der Waals surface area contributed by atoms with E-state index in [9.17, 15) is 18.0 Å². The molecule has 0 aromatic heterocycles. The van der Waals surface area contributed by atoms with Crippen LogP contribution in [0.2, 0.25) is 0 Å². The highest BCUT2D eigenvalue weighted by molar-refractivity contribution is 5.78. The predicted octanol–water partition coefficient (Wildman–Crippen LogP) is 1.20. The molecule has 1 rings (SSSR count). The molecule has 2 N–H and O–H groups in total. The number of rotatable bonds is 8. The lowest BCUT2D eigenvalue weighted by Gasteiger charge is -2.22. The van der Waals surface area contributed by atoms with E-state index in [1.165, 1.54) is 0 Å². The number of carbonyl (C=O) groups excluding carboxylic acids is 1. The maximum Gasteiger partial charge on any atom is 0.401 e. The number of carbonyl (C=O) groups is 1. The first-order valence-corrected chi connectivity index (χ1v) is 6.61. The number of hydrogen-bond acceptors (Lipinski definition) is 3. The summed E-state index contributed by atoms with van der Waals surface area (Å²) in [6, 6.07) is 9.46. The Bertz CT molecular complexity index is 424. The standard InChI is InChI=1S/C14H19F3N2O2/c15-14(16,17)11-19(8-9-20)10-13(21)18-7-6-12-4-2-1-3-5-12/h1-5,20H,6-11H2,(H,18,21). The highest BCUT2D eigenvalue weighted by atomic mass is 19.4. The zero-order valence-corrected chi connectivity index (χ0v) is 11.6. The van der Waals surface area contributed by atoms with Gasteiger partial charge in [0.1, 0.15) is 0 Å². The molecule has 7 heteroatoms. The number of aliphatic hydroxyl groups is 1. The van der Waals surface area contributed by atoms with Gasteiger partial charge in [-0.25, -0.2) is 0 Å². The van der Waals surface area contributed by atoms with Gasteiger partial charge in [-0.15, -0.1) is 0 Å². The molecule has 0 aliphatic heterocycles. The zero-order valence-electron chi connectivity index (χ0n) is 11.6. The van der Waals surface area contributed by atoms with E-state index in [1.54, 1.807) is 0 Å². The Labute approximate surface area is 121 Å². The molecule has 0 unspecified atom stereocenters. The first-order chi connectivity index (χ1) is 9.90. The van der Waals surface area contributed by atoms with Crippen LogP contribution in [0.4, 0.5) is 13.2 Å². The lowest BCUT2D eigenvalue weighted by atomic mass is 10.1. The Hall–Kier alpha value is -1.60.